The molecule has 2 rings (SSSR count). The van der Waals surface area contributed by atoms with Crippen molar-refractivity contribution in [3.63, 3.8) is 0 Å². The zero-order valence-corrected chi connectivity index (χ0v) is 13.2. The molecular weight excluding hydrogens is 310 g/mol. The molecule has 1 aliphatic heterocycles. The minimum atomic E-state index is -0.570. The van der Waals surface area contributed by atoms with Gasteiger partial charge in [0.2, 0.25) is 5.91 Å². The van der Waals surface area contributed by atoms with E-state index in [-0.39, 0.29) is 34.5 Å². The van der Waals surface area contributed by atoms with Crippen LogP contribution in [-0.2, 0) is 9.53 Å². The summed E-state index contributed by atoms with van der Waals surface area (Å²) in [5, 5.41) is 13.8. The minimum Gasteiger partial charge on any atom is -0.373 e. The van der Waals surface area contributed by atoms with E-state index < -0.39 is 4.92 Å². The zero-order chi connectivity index (χ0) is 16.3. The van der Waals surface area contributed by atoms with Crippen LogP contribution < -0.4 is 5.32 Å². The van der Waals surface area contributed by atoms with Gasteiger partial charge in [0.15, 0.2) is 0 Å². The summed E-state index contributed by atoms with van der Waals surface area (Å²) in [6.45, 7) is 5.92. The summed E-state index contributed by atoms with van der Waals surface area (Å²) < 4.78 is 5.58. The first-order valence-corrected chi connectivity index (χ1v) is 7.25. The van der Waals surface area contributed by atoms with Gasteiger partial charge < -0.3 is 10.1 Å². The van der Waals surface area contributed by atoms with Gasteiger partial charge in [-0.2, -0.15) is 0 Å². The number of nitro groups is 1. The van der Waals surface area contributed by atoms with Gasteiger partial charge in [-0.05, 0) is 26.0 Å². The highest BCUT2D eigenvalue weighted by Gasteiger charge is 2.28. The average molecular weight is 328 g/mol. The SMILES string of the molecule is CC1(C)CN(CC(=O)Nc2ccc(Cl)cc2[N+](=O)[O-])CCO1. The van der Waals surface area contributed by atoms with E-state index in [9.17, 15) is 14.9 Å². The van der Waals surface area contributed by atoms with Gasteiger partial charge in [-0.1, -0.05) is 11.6 Å². The van der Waals surface area contributed by atoms with E-state index in [1.807, 2.05) is 18.7 Å². The van der Waals surface area contributed by atoms with Crippen LogP contribution in [0.1, 0.15) is 13.8 Å². The summed E-state index contributed by atoms with van der Waals surface area (Å²) in [7, 11) is 0. The molecule has 0 spiro atoms. The number of anilines is 1. The van der Waals surface area contributed by atoms with Crippen molar-refractivity contribution in [2.24, 2.45) is 0 Å². The van der Waals surface area contributed by atoms with Crippen molar-refractivity contribution < 1.29 is 14.5 Å². The number of rotatable bonds is 4. The fourth-order valence-electron chi connectivity index (χ4n) is 2.40. The van der Waals surface area contributed by atoms with Gasteiger partial charge in [0.1, 0.15) is 5.69 Å². The van der Waals surface area contributed by atoms with E-state index >= 15 is 0 Å². The molecule has 1 aromatic rings. The van der Waals surface area contributed by atoms with Crippen molar-refractivity contribution in [3.05, 3.63) is 33.3 Å². The number of amides is 1. The highest BCUT2D eigenvalue weighted by Crippen LogP contribution is 2.27. The third kappa shape index (κ3) is 4.40. The molecule has 1 fully saturated rings. The topological polar surface area (TPSA) is 84.7 Å². The molecule has 1 aromatic carbocycles. The zero-order valence-electron chi connectivity index (χ0n) is 12.5. The average Bonchev–Trinajstić information content (AvgIpc) is 2.39. The smallest absolute Gasteiger partial charge is 0.294 e. The Labute approximate surface area is 133 Å². The summed E-state index contributed by atoms with van der Waals surface area (Å²) in [4.78, 5) is 24.5. The standard InChI is InChI=1S/C14H18ClN3O4/c1-14(2)9-17(5-6-22-14)8-13(19)16-11-4-3-10(15)7-12(11)18(20)21/h3-4,7H,5-6,8-9H2,1-2H3,(H,16,19). The first kappa shape index (κ1) is 16.7. The highest BCUT2D eigenvalue weighted by molar-refractivity contribution is 6.31. The van der Waals surface area contributed by atoms with Crippen molar-refractivity contribution in [2.75, 3.05) is 31.6 Å². The number of nitro benzene ring substituents is 1. The van der Waals surface area contributed by atoms with Crippen LogP contribution in [0.15, 0.2) is 18.2 Å². The van der Waals surface area contributed by atoms with E-state index in [0.29, 0.717) is 19.7 Å². The third-order valence-corrected chi connectivity index (χ3v) is 3.54. The van der Waals surface area contributed by atoms with Crippen LogP contribution in [0.3, 0.4) is 0 Å². The van der Waals surface area contributed by atoms with Crippen LogP contribution in [0.25, 0.3) is 0 Å². The Bertz CT molecular complexity index is 591. The number of hydrogen-bond acceptors (Lipinski definition) is 5. The number of nitrogens with one attached hydrogen (secondary N) is 1. The van der Waals surface area contributed by atoms with E-state index in [0.717, 1.165) is 0 Å². The first-order chi connectivity index (χ1) is 10.3. The Kier molecular flexibility index (Phi) is 5.00. The van der Waals surface area contributed by atoms with E-state index in [4.69, 9.17) is 16.3 Å². The predicted octanol–water partition coefficient (Wildman–Crippen LogP) is 2.30. The number of halogens is 1. The van der Waals surface area contributed by atoms with Gasteiger partial charge in [0.05, 0.1) is 23.7 Å². The number of carbonyl (C=O) groups excluding carboxylic acids is 1. The number of carbonyl (C=O) groups is 1. The summed E-state index contributed by atoms with van der Waals surface area (Å²) >= 11 is 5.75. The van der Waals surface area contributed by atoms with E-state index in [1.165, 1.54) is 18.2 Å². The molecule has 0 bridgehead atoms. The summed E-state index contributed by atoms with van der Waals surface area (Å²) in [6.07, 6.45) is 0. The summed E-state index contributed by atoms with van der Waals surface area (Å²) in [5.41, 5.74) is -0.375. The molecule has 120 valence electrons. The monoisotopic (exact) mass is 327 g/mol. The Morgan fingerprint density at radius 1 is 1.55 bits per heavy atom. The van der Waals surface area contributed by atoms with Crippen molar-refractivity contribution in [2.45, 2.75) is 19.4 Å². The Morgan fingerprint density at radius 3 is 2.91 bits per heavy atom. The van der Waals surface area contributed by atoms with E-state index in [2.05, 4.69) is 5.32 Å². The second-order valence-electron chi connectivity index (χ2n) is 5.79. The van der Waals surface area contributed by atoms with Crippen molar-refractivity contribution in [1.82, 2.24) is 4.90 Å². The van der Waals surface area contributed by atoms with Gasteiger partial charge in [-0.3, -0.25) is 19.8 Å². The normalized spacial score (nSPS) is 18.0. The lowest BCUT2D eigenvalue weighted by Crippen LogP contribution is -2.50. The molecule has 1 aliphatic rings. The van der Waals surface area contributed by atoms with Gasteiger partial charge in [-0.25, -0.2) is 0 Å². The number of benzene rings is 1. The third-order valence-electron chi connectivity index (χ3n) is 3.30. The second-order valence-corrected chi connectivity index (χ2v) is 6.22. The Hall–Kier alpha value is -1.70. The minimum absolute atomic E-state index is 0.145. The van der Waals surface area contributed by atoms with Gasteiger partial charge >= 0.3 is 0 Å². The summed E-state index contributed by atoms with van der Waals surface area (Å²) in [5.74, 6) is -0.303. The van der Waals surface area contributed by atoms with Crippen molar-refractivity contribution in [1.29, 1.82) is 0 Å². The van der Waals surface area contributed by atoms with Crippen molar-refractivity contribution in [3.8, 4) is 0 Å². The van der Waals surface area contributed by atoms with Crippen LogP contribution in [0.4, 0.5) is 11.4 Å². The van der Waals surface area contributed by atoms with Crippen LogP contribution >= 0.6 is 11.6 Å². The molecule has 0 aromatic heterocycles. The Balaban J connectivity index is 2.02. The van der Waals surface area contributed by atoms with Crippen LogP contribution in [0.2, 0.25) is 5.02 Å². The fourth-order valence-corrected chi connectivity index (χ4v) is 2.57. The second kappa shape index (κ2) is 6.60. The van der Waals surface area contributed by atoms with Crippen LogP contribution in [0.5, 0.6) is 0 Å². The maximum Gasteiger partial charge on any atom is 0.294 e. The van der Waals surface area contributed by atoms with Gasteiger partial charge in [0.25, 0.3) is 5.69 Å². The molecule has 1 amide bonds. The molecular formula is C14H18ClN3O4. The summed E-state index contributed by atoms with van der Waals surface area (Å²) in [6, 6.07) is 4.15. The number of nitrogens with zero attached hydrogens (tertiary/aromatic N) is 2. The number of ether oxygens (including phenoxy) is 1. The molecule has 0 aliphatic carbocycles. The maximum absolute atomic E-state index is 12.1. The molecule has 0 atom stereocenters. The predicted molar refractivity (Wildman–Crippen MR) is 83.2 cm³/mol. The molecule has 1 heterocycles. The van der Waals surface area contributed by atoms with E-state index in [1.54, 1.807) is 0 Å². The highest BCUT2D eigenvalue weighted by atomic mass is 35.5. The van der Waals surface area contributed by atoms with Crippen LogP contribution in [-0.4, -0.2) is 47.6 Å². The molecule has 8 heteroatoms. The lowest BCUT2D eigenvalue weighted by Gasteiger charge is -2.37. The lowest BCUT2D eigenvalue weighted by molar-refractivity contribution is -0.383. The lowest BCUT2D eigenvalue weighted by atomic mass is 10.1. The molecule has 0 radical (unpaired) electrons. The largest absolute Gasteiger partial charge is 0.373 e. The molecule has 1 N–H and O–H groups in total. The maximum atomic E-state index is 12.1. The first-order valence-electron chi connectivity index (χ1n) is 6.87. The molecule has 22 heavy (non-hydrogen) atoms. The Morgan fingerprint density at radius 2 is 2.27 bits per heavy atom. The number of morpholine rings is 1. The van der Waals surface area contributed by atoms with Gasteiger partial charge in [-0.15, -0.1) is 0 Å². The van der Waals surface area contributed by atoms with Crippen LogP contribution in [0, 0.1) is 10.1 Å². The fraction of sp³-hybridized carbons (Fsp3) is 0.500. The van der Waals surface area contributed by atoms with Crippen molar-refractivity contribution >= 4 is 28.9 Å². The quantitative estimate of drug-likeness (QED) is 0.677. The molecule has 0 saturated carbocycles. The molecule has 7 nitrogen and oxygen atoms in total. The molecule has 1 saturated heterocycles. The molecule has 0 unspecified atom stereocenters. The number of hydrogen-bond donors (Lipinski definition) is 1. The van der Waals surface area contributed by atoms with Gasteiger partial charge in [0, 0.05) is 24.2 Å².